The van der Waals surface area contributed by atoms with Crippen molar-refractivity contribution in [1.29, 1.82) is 0 Å². The Balaban J connectivity index is 2.34. The molecule has 18 heavy (non-hydrogen) atoms. The van der Waals surface area contributed by atoms with Gasteiger partial charge >= 0.3 is 0 Å². The number of hydrogen-bond donors (Lipinski definition) is 1. The Morgan fingerprint density at radius 2 is 1.83 bits per heavy atom. The molecule has 0 spiro atoms. The summed E-state index contributed by atoms with van der Waals surface area (Å²) >= 11 is 6.13. The molecule has 1 unspecified atom stereocenters. The molecule has 0 aliphatic heterocycles. The average Bonchev–Trinajstić information content (AvgIpc) is 2.58. The highest BCUT2D eigenvalue weighted by molar-refractivity contribution is 6.30. The van der Waals surface area contributed by atoms with E-state index in [4.69, 9.17) is 11.6 Å². The number of unbranched alkanes of at least 4 members (excludes halogenated alkanes) is 5. The van der Waals surface area contributed by atoms with Crippen molar-refractivity contribution < 1.29 is 5.11 Å². The minimum atomic E-state index is -0.475. The Morgan fingerprint density at radius 1 is 1.22 bits per heavy atom. The van der Waals surface area contributed by atoms with Gasteiger partial charge in [-0.2, -0.15) is 5.10 Å². The molecule has 1 rings (SSSR count). The molecule has 0 bridgehead atoms. The first-order valence-corrected chi connectivity index (χ1v) is 7.32. The Morgan fingerprint density at radius 3 is 2.39 bits per heavy atom. The SMILES string of the molecule is CCCCCCCCC(O)c1c(C)nn(C)c1Cl. The van der Waals surface area contributed by atoms with Crippen LogP contribution in [0.2, 0.25) is 5.15 Å². The van der Waals surface area contributed by atoms with E-state index in [0.717, 1.165) is 24.1 Å². The molecule has 0 aromatic carbocycles. The maximum atomic E-state index is 10.2. The zero-order chi connectivity index (χ0) is 13.5. The molecule has 1 N–H and O–H groups in total. The van der Waals surface area contributed by atoms with E-state index in [-0.39, 0.29) is 0 Å². The van der Waals surface area contributed by atoms with Crippen LogP contribution in [-0.4, -0.2) is 14.9 Å². The van der Waals surface area contributed by atoms with Gasteiger partial charge in [-0.15, -0.1) is 0 Å². The molecular formula is C14H25ClN2O. The monoisotopic (exact) mass is 272 g/mol. The van der Waals surface area contributed by atoms with Crippen molar-refractivity contribution in [3.05, 3.63) is 16.4 Å². The van der Waals surface area contributed by atoms with Gasteiger partial charge in [0.1, 0.15) is 5.15 Å². The lowest BCUT2D eigenvalue weighted by Crippen LogP contribution is -1.99. The summed E-state index contributed by atoms with van der Waals surface area (Å²) in [6.45, 7) is 4.11. The Kier molecular flexibility index (Phi) is 6.72. The molecule has 1 heterocycles. The van der Waals surface area contributed by atoms with Crippen molar-refractivity contribution in [3.8, 4) is 0 Å². The average molecular weight is 273 g/mol. The van der Waals surface area contributed by atoms with Gasteiger partial charge in [0.15, 0.2) is 0 Å². The van der Waals surface area contributed by atoms with Crippen molar-refractivity contribution in [3.63, 3.8) is 0 Å². The fraction of sp³-hybridized carbons (Fsp3) is 0.786. The quantitative estimate of drug-likeness (QED) is 0.722. The van der Waals surface area contributed by atoms with Gasteiger partial charge < -0.3 is 5.11 Å². The van der Waals surface area contributed by atoms with Gasteiger partial charge in [0, 0.05) is 12.6 Å². The van der Waals surface area contributed by atoms with Crippen molar-refractivity contribution in [1.82, 2.24) is 9.78 Å². The third-order valence-electron chi connectivity index (χ3n) is 3.36. The van der Waals surface area contributed by atoms with Crippen LogP contribution in [0.1, 0.15) is 69.2 Å². The van der Waals surface area contributed by atoms with Gasteiger partial charge in [-0.05, 0) is 13.3 Å². The van der Waals surface area contributed by atoms with E-state index in [9.17, 15) is 5.11 Å². The summed E-state index contributed by atoms with van der Waals surface area (Å²) in [5.41, 5.74) is 1.63. The van der Waals surface area contributed by atoms with Crippen LogP contribution < -0.4 is 0 Å². The molecule has 1 aromatic rings. The van der Waals surface area contributed by atoms with Gasteiger partial charge in [-0.25, -0.2) is 0 Å². The highest BCUT2D eigenvalue weighted by atomic mass is 35.5. The lowest BCUT2D eigenvalue weighted by Gasteiger charge is -2.10. The first-order valence-electron chi connectivity index (χ1n) is 6.95. The molecule has 4 heteroatoms. The zero-order valence-corrected chi connectivity index (χ0v) is 12.5. The fourth-order valence-corrected chi connectivity index (χ4v) is 2.59. The van der Waals surface area contributed by atoms with Crippen LogP contribution in [0.15, 0.2) is 0 Å². The highest BCUT2D eigenvalue weighted by Gasteiger charge is 2.18. The fourth-order valence-electron chi connectivity index (χ4n) is 2.29. The lowest BCUT2D eigenvalue weighted by molar-refractivity contribution is 0.162. The number of hydrogen-bond acceptors (Lipinski definition) is 2. The van der Waals surface area contributed by atoms with E-state index in [1.54, 1.807) is 11.7 Å². The molecule has 0 aliphatic carbocycles. The summed E-state index contributed by atoms with van der Waals surface area (Å²) in [5, 5.41) is 14.9. The van der Waals surface area contributed by atoms with Gasteiger partial charge in [0.25, 0.3) is 0 Å². The standard InChI is InChI=1S/C14H25ClN2O/c1-4-5-6-7-8-9-10-12(18)13-11(2)16-17(3)14(13)15/h12,18H,4-10H2,1-3H3. The maximum absolute atomic E-state index is 10.2. The molecular weight excluding hydrogens is 248 g/mol. The molecule has 0 fully saturated rings. The van der Waals surface area contributed by atoms with Crippen LogP contribution in [-0.2, 0) is 7.05 Å². The molecule has 0 saturated heterocycles. The third kappa shape index (κ3) is 4.29. The predicted octanol–water partition coefficient (Wildman–Crippen LogP) is 4.17. The third-order valence-corrected chi connectivity index (χ3v) is 3.81. The predicted molar refractivity (Wildman–Crippen MR) is 75.9 cm³/mol. The van der Waals surface area contributed by atoms with E-state index in [2.05, 4.69) is 12.0 Å². The molecule has 104 valence electrons. The van der Waals surface area contributed by atoms with E-state index in [1.807, 2.05) is 6.92 Å². The number of aromatic nitrogens is 2. The van der Waals surface area contributed by atoms with Gasteiger partial charge in [-0.3, -0.25) is 4.68 Å². The van der Waals surface area contributed by atoms with E-state index in [1.165, 1.54) is 32.1 Å². The number of aryl methyl sites for hydroxylation is 2. The molecule has 0 saturated carbocycles. The second-order valence-corrected chi connectivity index (χ2v) is 5.34. The molecule has 1 atom stereocenters. The van der Waals surface area contributed by atoms with Crippen molar-refractivity contribution >= 4 is 11.6 Å². The number of aliphatic hydroxyl groups is 1. The van der Waals surface area contributed by atoms with Crippen LogP contribution in [0.25, 0.3) is 0 Å². The number of nitrogens with zero attached hydrogens (tertiary/aromatic N) is 2. The number of aliphatic hydroxyl groups excluding tert-OH is 1. The number of halogens is 1. The minimum absolute atomic E-state index is 0.475. The Bertz CT molecular complexity index is 363. The number of rotatable bonds is 8. The first-order chi connectivity index (χ1) is 8.57. The van der Waals surface area contributed by atoms with Crippen LogP contribution in [0.5, 0.6) is 0 Å². The van der Waals surface area contributed by atoms with Crippen molar-refractivity contribution in [2.24, 2.45) is 7.05 Å². The molecule has 0 aliphatic rings. The molecule has 3 nitrogen and oxygen atoms in total. The molecule has 0 radical (unpaired) electrons. The summed E-state index contributed by atoms with van der Waals surface area (Å²) in [7, 11) is 1.80. The van der Waals surface area contributed by atoms with E-state index >= 15 is 0 Å². The topological polar surface area (TPSA) is 38.1 Å². The second kappa shape index (κ2) is 7.80. The summed E-state index contributed by atoms with van der Waals surface area (Å²) in [5.74, 6) is 0. The van der Waals surface area contributed by atoms with Crippen LogP contribution in [0, 0.1) is 6.92 Å². The van der Waals surface area contributed by atoms with Gasteiger partial charge in [-0.1, -0.05) is 57.0 Å². The van der Waals surface area contributed by atoms with Crippen LogP contribution in [0.3, 0.4) is 0 Å². The molecule has 0 amide bonds. The highest BCUT2D eigenvalue weighted by Crippen LogP contribution is 2.29. The maximum Gasteiger partial charge on any atom is 0.132 e. The lowest BCUT2D eigenvalue weighted by atomic mass is 10.0. The largest absolute Gasteiger partial charge is 0.388 e. The van der Waals surface area contributed by atoms with E-state index < -0.39 is 6.10 Å². The van der Waals surface area contributed by atoms with Gasteiger partial charge in [0.2, 0.25) is 0 Å². The Hall–Kier alpha value is -0.540. The van der Waals surface area contributed by atoms with Crippen molar-refractivity contribution in [2.45, 2.75) is 64.9 Å². The van der Waals surface area contributed by atoms with Crippen LogP contribution in [0.4, 0.5) is 0 Å². The van der Waals surface area contributed by atoms with Crippen LogP contribution >= 0.6 is 11.6 Å². The normalized spacial score (nSPS) is 12.9. The summed E-state index contributed by atoms with van der Waals surface area (Å²) in [6.07, 6.45) is 7.70. The minimum Gasteiger partial charge on any atom is -0.388 e. The Labute approximate surface area is 115 Å². The second-order valence-electron chi connectivity index (χ2n) is 4.99. The molecule has 1 aromatic heterocycles. The summed E-state index contributed by atoms with van der Waals surface area (Å²) < 4.78 is 1.62. The zero-order valence-electron chi connectivity index (χ0n) is 11.7. The summed E-state index contributed by atoms with van der Waals surface area (Å²) in [4.78, 5) is 0. The first kappa shape index (κ1) is 15.5. The van der Waals surface area contributed by atoms with E-state index in [0.29, 0.717) is 5.15 Å². The smallest absolute Gasteiger partial charge is 0.132 e. The van der Waals surface area contributed by atoms with Crippen molar-refractivity contribution in [2.75, 3.05) is 0 Å². The van der Waals surface area contributed by atoms with Gasteiger partial charge in [0.05, 0.1) is 11.8 Å². The summed E-state index contributed by atoms with van der Waals surface area (Å²) in [6, 6.07) is 0.